The summed E-state index contributed by atoms with van der Waals surface area (Å²) in [7, 11) is 0. The van der Waals surface area contributed by atoms with Gasteiger partial charge in [-0.25, -0.2) is 8.78 Å². The van der Waals surface area contributed by atoms with Crippen molar-refractivity contribution in [3.63, 3.8) is 0 Å². The van der Waals surface area contributed by atoms with Crippen LogP contribution >= 0.6 is 0 Å². The van der Waals surface area contributed by atoms with Crippen LogP contribution in [0.3, 0.4) is 0 Å². The SMILES string of the molecule is O=C([O-])CC(F)(F)CC(=O)[O-]. The molecule has 6 heteroatoms. The lowest BCUT2D eigenvalue weighted by atomic mass is 10.2. The van der Waals surface area contributed by atoms with Crippen LogP contribution in [0, 0.1) is 0 Å². The van der Waals surface area contributed by atoms with E-state index in [2.05, 4.69) is 0 Å². The van der Waals surface area contributed by atoms with E-state index in [4.69, 9.17) is 0 Å². The van der Waals surface area contributed by atoms with Crippen molar-refractivity contribution in [2.75, 3.05) is 0 Å². The number of alkyl halides is 2. The molecule has 0 saturated heterocycles. The first-order valence-electron chi connectivity index (χ1n) is 2.61. The predicted molar refractivity (Wildman–Crippen MR) is 24.2 cm³/mol. The van der Waals surface area contributed by atoms with Crippen LogP contribution < -0.4 is 10.2 Å². The molecule has 0 aromatic rings. The minimum Gasteiger partial charge on any atom is -0.550 e. The summed E-state index contributed by atoms with van der Waals surface area (Å²) >= 11 is 0. The molecule has 4 nitrogen and oxygen atoms in total. The Hall–Kier alpha value is -1.20. The fraction of sp³-hybridized carbons (Fsp3) is 0.600. The molecule has 0 aliphatic heterocycles. The molecule has 0 atom stereocenters. The zero-order valence-corrected chi connectivity index (χ0v) is 5.30. The molecule has 11 heavy (non-hydrogen) atoms. The van der Waals surface area contributed by atoms with Crippen molar-refractivity contribution in [3.05, 3.63) is 0 Å². The summed E-state index contributed by atoms with van der Waals surface area (Å²) < 4.78 is 24.2. The molecule has 0 saturated carbocycles. The number of carbonyl (C=O) groups excluding carboxylic acids is 2. The van der Waals surface area contributed by atoms with Crippen molar-refractivity contribution < 1.29 is 28.6 Å². The van der Waals surface area contributed by atoms with Gasteiger partial charge in [-0.2, -0.15) is 0 Å². The Kier molecular flexibility index (Phi) is 2.91. The Labute approximate surface area is 60.4 Å². The van der Waals surface area contributed by atoms with Gasteiger partial charge in [0, 0.05) is 11.9 Å². The summed E-state index contributed by atoms with van der Waals surface area (Å²) in [5.74, 6) is -7.76. The van der Waals surface area contributed by atoms with E-state index in [0.29, 0.717) is 0 Å². The Morgan fingerprint density at radius 3 is 1.55 bits per heavy atom. The summed E-state index contributed by atoms with van der Waals surface area (Å²) in [5, 5.41) is 19.2. The molecule has 0 bridgehead atoms. The van der Waals surface area contributed by atoms with Gasteiger partial charge in [-0.1, -0.05) is 0 Å². The summed E-state index contributed by atoms with van der Waals surface area (Å²) in [6.45, 7) is 0. The summed E-state index contributed by atoms with van der Waals surface area (Å²) in [4.78, 5) is 19.2. The van der Waals surface area contributed by atoms with Crippen LogP contribution in [-0.2, 0) is 9.59 Å². The van der Waals surface area contributed by atoms with E-state index < -0.39 is 30.7 Å². The van der Waals surface area contributed by atoms with Gasteiger partial charge in [0.15, 0.2) is 0 Å². The van der Waals surface area contributed by atoms with Gasteiger partial charge in [0.25, 0.3) is 5.92 Å². The Morgan fingerprint density at radius 1 is 1.09 bits per heavy atom. The van der Waals surface area contributed by atoms with E-state index in [-0.39, 0.29) is 0 Å². The first-order chi connectivity index (χ1) is 4.83. The van der Waals surface area contributed by atoms with Crippen molar-refractivity contribution in [1.29, 1.82) is 0 Å². The summed E-state index contributed by atoms with van der Waals surface area (Å²) in [6, 6.07) is 0. The minimum absolute atomic E-state index is 1.60. The van der Waals surface area contributed by atoms with Gasteiger partial charge in [0.2, 0.25) is 0 Å². The summed E-state index contributed by atoms with van der Waals surface area (Å²) in [5.41, 5.74) is 0. The lowest BCUT2D eigenvalue weighted by Gasteiger charge is -2.16. The van der Waals surface area contributed by atoms with E-state index in [9.17, 15) is 28.6 Å². The monoisotopic (exact) mass is 166 g/mol. The van der Waals surface area contributed by atoms with Gasteiger partial charge in [0.05, 0.1) is 12.8 Å². The molecule has 0 radical (unpaired) electrons. The molecule has 0 fully saturated rings. The maximum absolute atomic E-state index is 12.1. The smallest absolute Gasteiger partial charge is 0.258 e. The molecule has 0 unspecified atom stereocenters. The van der Waals surface area contributed by atoms with Crippen LogP contribution in [-0.4, -0.2) is 17.9 Å². The van der Waals surface area contributed by atoms with Crippen LogP contribution in [0.15, 0.2) is 0 Å². The maximum Gasteiger partial charge on any atom is 0.258 e. The highest BCUT2D eigenvalue weighted by Gasteiger charge is 2.28. The van der Waals surface area contributed by atoms with E-state index in [1.165, 1.54) is 0 Å². The van der Waals surface area contributed by atoms with Crippen molar-refractivity contribution in [2.45, 2.75) is 18.8 Å². The molecule has 0 amide bonds. The van der Waals surface area contributed by atoms with E-state index >= 15 is 0 Å². The van der Waals surface area contributed by atoms with Gasteiger partial charge in [-0.05, 0) is 0 Å². The fourth-order valence-electron chi connectivity index (χ4n) is 0.485. The highest BCUT2D eigenvalue weighted by molar-refractivity contribution is 5.69. The number of halogens is 2. The average molecular weight is 166 g/mol. The highest BCUT2D eigenvalue weighted by atomic mass is 19.3. The second-order valence-electron chi connectivity index (χ2n) is 1.95. The Bertz CT molecular complexity index is 159. The van der Waals surface area contributed by atoms with Crippen molar-refractivity contribution in [1.82, 2.24) is 0 Å². The predicted octanol–water partition coefficient (Wildman–Crippen LogP) is -2.10. The van der Waals surface area contributed by atoms with Crippen molar-refractivity contribution in [3.8, 4) is 0 Å². The molecule has 0 N–H and O–H groups in total. The maximum atomic E-state index is 12.1. The van der Waals surface area contributed by atoms with Gasteiger partial charge < -0.3 is 19.8 Å². The fourth-order valence-corrected chi connectivity index (χ4v) is 0.485. The number of aliphatic carboxylic acids is 2. The van der Waals surface area contributed by atoms with Gasteiger partial charge in [-0.15, -0.1) is 0 Å². The topological polar surface area (TPSA) is 80.3 Å². The molecule has 0 aliphatic carbocycles. The van der Waals surface area contributed by atoms with E-state index in [1.54, 1.807) is 0 Å². The number of hydrogen-bond acceptors (Lipinski definition) is 4. The van der Waals surface area contributed by atoms with Crippen LogP contribution in [0.25, 0.3) is 0 Å². The third-order valence-corrected chi connectivity index (χ3v) is 0.806. The molecule has 0 spiro atoms. The van der Waals surface area contributed by atoms with Gasteiger partial charge in [-0.3, -0.25) is 0 Å². The van der Waals surface area contributed by atoms with Gasteiger partial charge in [0.1, 0.15) is 0 Å². The zero-order chi connectivity index (χ0) is 9.07. The third kappa shape index (κ3) is 5.25. The molecule has 0 aromatic carbocycles. The molecule has 0 heterocycles. The lowest BCUT2D eigenvalue weighted by molar-refractivity contribution is -0.316. The van der Waals surface area contributed by atoms with Crippen LogP contribution in [0.5, 0.6) is 0 Å². The number of carboxylic acids is 2. The van der Waals surface area contributed by atoms with Crippen LogP contribution in [0.1, 0.15) is 12.8 Å². The van der Waals surface area contributed by atoms with Crippen molar-refractivity contribution in [2.24, 2.45) is 0 Å². The Balaban J connectivity index is 3.99. The molecular weight excluding hydrogens is 162 g/mol. The first-order valence-corrected chi connectivity index (χ1v) is 2.61. The highest BCUT2D eigenvalue weighted by Crippen LogP contribution is 2.21. The number of rotatable bonds is 4. The lowest BCUT2D eigenvalue weighted by Crippen LogP contribution is -2.36. The quantitative estimate of drug-likeness (QED) is 0.479. The van der Waals surface area contributed by atoms with E-state index in [1.807, 2.05) is 0 Å². The zero-order valence-electron chi connectivity index (χ0n) is 5.30. The van der Waals surface area contributed by atoms with Crippen molar-refractivity contribution >= 4 is 11.9 Å². The standard InChI is InChI=1S/C5H6F2O4/c6-5(7,1-3(8)9)2-4(10)11/h1-2H2,(H,8,9)(H,10,11)/p-2. The largest absolute Gasteiger partial charge is 0.550 e. The summed E-state index contributed by atoms with van der Waals surface area (Å²) in [6.07, 6.45) is -3.19. The number of carbonyl (C=O) groups is 2. The average Bonchev–Trinajstić information content (AvgIpc) is 1.53. The molecule has 0 rings (SSSR count). The minimum atomic E-state index is -3.78. The second kappa shape index (κ2) is 3.27. The second-order valence-corrected chi connectivity index (χ2v) is 1.95. The number of carboxylic acid groups (broad SMARTS) is 2. The first kappa shape index (κ1) is 9.80. The third-order valence-electron chi connectivity index (χ3n) is 0.806. The molecule has 0 aromatic heterocycles. The van der Waals surface area contributed by atoms with Crippen LogP contribution in [0.4, 0.5) is 8.78 Å². The normalized spacial score (nSPS) is 11.1. The number of hydrogen-bond donors (Lipinski definition) is 0. The molecule has 0 aliphatic rings. The van der Waals surface area contributed by atoms with Crippen LogP contribution in [0.2, 0.25) is 0 Å². The van der Waals surface area contributed by atoms with Gasteiger partial charge >= 0.3 is 0 Å². The Morgan fingerprint density at radius 2 is 1.36 bits per heavy atom. The van der Waals surface area contributed by atoms with E-state index in [0.717, 1.165) is 0 Å². The molecular formula is C5H4F2O4-2. The molecule has 64 valence electrons.